The lowest BCUT2D eigenvalue weighted by Gasteiger charge is -2.01. The molecule has 1 saturated heterocycles. The van der Waals surface area contributed by atoms with Gasteiger partial charge in [0.1, 0.15) is 17.5 Å². The van der Waals surface area contributed by atoms with Gasteiger partial charge in [-0.05, 0) is 36.8 Å². The third-order valence-electron chi connectivity index (χ3n) is 3.67. The Labute approximate surface area is 123 Å². The number of ether oxygens (including phenoxy) is 1. The van der Waals surface area contributed by atoms with Gasteiger partial charge in [0.25, 0.3) is 0 Å². The van der Waals surface area contributed by atoms with Crippen LogP contribution in [0.2, 0.25) is 0 Å². The van der Waals surface area contributed by atoms with Gasteiger partial charge in [-0.2, -0.15) is 0 Å². The first-order chi connectivity index (χ1) is 10.1. The molecule has 0 amide bonds. The molecule has 3 rings (SSSR count). The van der Waals surface area contributed by atoms with Crippen molar-refractivity contribution in [2.24, 2.45) is 0 Å². The summed E-state index contributed by atoms with van der Waals surface area (Å²) in [6.07, 6.45) is 3.21. The molecule has 1 fully saturated rings. The second-order valence-corrected chi connectivity index (χ2v) is 5.31. The molecule has 21 heavy (non-hydrogen) atoms. The average Bonchev–Trinajstić information content (AvgIpc) is 3.19. The van der Waals surface area contributed by atoms with Crippen molar-refractivity contribution in [2.45, 2.75) is 18.6 Å². The molecule has 0 aliphatic carbocycles. The molecular formula is C18H16O3. The minimum absolute atomic E-state index is 0.00590. The quantitative estimate of drug-likeness (QED) is 0.528. The van der Waals surface area contributed by atoms with E-state index in [1.165, 1.54) is 12.1 Å². The number of ketones is 1. The molecule has 0 spiro atoms. The first-order valence-corrected chi connectivity index (χ1v) is 6.84. The number of phenols is 1. The van der Waals surface area contributed by atoms with Gasteiger partial charge in [0.2, 0.25) is 0 Å². The molecule has 1 aliphatic rings. The highest BCUT2D eigenvalue weighted by molar-refractivity contribution is 6.06. The van der Waals surface area contributed by atoms with Gasteiger partial charge < -0.3 is 9.84 Å². The Bertz CT molecular complexity index is 691. The molecule has 0 aromatic heterocycles. The van der Waals surface area contributed by atoms with Gasteiger partial charge in [0.15, 0.2) is 5.78 Å². The second kappa shape index (κ2) is 5.19. The van der Waals surface area contributed by atoms with Crippen LogP contribution in [0, 0.1) is 0 Å². The molecule has 2 aromatic rings. The summed E-state index contributed by atoms with van der Waals surface area (Å²) < 4.78 is 5.71. The zero-order chi connectivity index (χ0) is 14.9. The van der Waals surface area contributed by atoms with E-state index in [-0.39, 0.29) is 17.6 Å². The van der Waals surface area contributed by atoms with Gasteiger partial charge in [0, 0.05) is 0 Å². The van der Waals surface area contributed by atoms with E-state index in [2.05, 4.69) is 0 Å². The molecule has 0 unspecified atom stereocenters. The Kier molecular flexibility index (Phi) is 3.35. The molecule has 106 valence electrons. The minimum atomic E-state index is -0.457. The molecule has 3 heteroatoms. The summed E-state index contributed by atoms with van der Waals surface area (Å²) in [6, 6.07) is 16.4. The van der Waals surface area contributed by atoms with Crippen molar-refractivity contribution in [2.75, 3.05) is 0 Å². The van der Waals surface area contributed by atoms with E-state index in [0.717, 1.165) is 5.56 Å². The zero-order valence-electron chi connectivity index (χ0n) is 11.7. The van der Waals surface area contributed by atoms with Gasteiger partial charge in [-0.3, -0.25) is 4.79 Å². The zero-order valence-corrected chi connectivity index (χ0v) is 11.7. The third-order valence-corrected chi connectivity index (χ3v) is 3.67. The summed E-state index contributed by atoms with van der Waals surface area (Å²) in [4.78, 5) is 12.1. The Balaban J connectivity index is 1.73. The van der Waals surface area contributed by atoms with Crippen molar-refractivity contribution in [3.63, 3.8) is 0 Å². The van der Waals surface area contributed by atoms with Gasteiger partial charge in [-0.25, -0.2) is 0 Å². The van der Waals surface area contributed by atoms with Crippen LogP contribution in [0.5, 0.6) is 5.75 Å². The summed E-state index contributed by atoms with van der Waals surface area (Å²) in [5.74, 6) is -0.231. The maximum Gasteiger partial charge on any atom is 0.189 e. The highest BCUT2D eigenvalue weighted by atomic mass is 16.6. The molecule has 2 aromatic carbocycles. The molecule has 1 aliphatic heterocycles. The predicted molar refractivity (Wildman–Crippen MR) is 80.3 cm³/mol. The van der Waals surface area contributed by atoms with E-state index in [9.17, 15) is 9.90 Å². The number of aromatic hydroxyl groups is 1. The van der Waals surface area contributed by atoms with Crippen LogP contribution < -0.4 is 0 Å². The Morgan fingerprint density at radius 1 is 1.14 bits per heavy atom. The number of allylic oxidation sites excluding steroid dienone is 1. The summed E-state index contributed by atoms with van der Waals surface area (Å²) in [7, 11) is 0. The van der Waals surface area contributed by atoms with Crippen LogP contribution in [-0.2, 0) is 4.74 Å². The van der Waals surface area contributed by atoms with Gasteiger partial charge in [0.05, 0.1) is 5.56 Å². The van der Waals surface area contributed by atoms with Crippen molar-refractivity contribution in [1.29, 1.82) is 0 Å². The Morgan fingerprint density at radius 2 is 1.81 bits per heavy atom. The summed E-state index contributed by atoms with van der Waals surface area (Å²) in [6.45, 7) is 1.94. The Morgan fingerprint density at radius 3 is 2.52 bits per heavy atom. The van der Waals surface area contributed by atoms with Crippen molar-refractivity contribution < 1.29 is 14.6 Å². The number of phenolic OH excluding ortho intramolecular Hbond substituents is 1. The minimum Gasteiger partial charge on any atom is -0.507 e. The molecule has 0 bridgehead atoms. The van der Waals surface area contributed by atoms with Crippen molar-refractivity contribution in [3.8, 4) is 5.75 Å². The van der Waals surface area contributed by atoms with Crippen LogP contribution in [-0.4, -0.2) is 16.5 Å². The van der Waals surface area contributed by atoms with Crippen molar-refractivity contribution >= 4 is 5.78 Å². The molecule has 1 heterocycles. The van der Waals surface area contributed by atoms with E-state index < -0.39 is 5.60 Å². The normalized spacial score (nSPS) is 24.1. The largest absolute Gasteiger partial charge is 0.507 e. The first kappa shape index (κ1) is 13.6. The topological polar surface area (TPSA) is 49.8 Å². The first-order valence-electron chi connectivity index (χ1n) is 6.84. The van der Waals surface area contributed by atoms with Crippen LogP contribution in [0.25, 0.3) is 0 Å². The maximum atomic E-state index is 12.1. The number of carbonyl (C=O) groups is 1. The molecule has 0 saturated carbocycles. The highest BCUT2D eigenvalue weighted by Crippen LogP contribution is 2.50. The van der Waals surface area contributed by atoms with Crippen LogP contribution in [0.15, 0.2) is 66.7 Å². The number of carbonyl (C=O) groups excluding carboxylic acids is 1. The molecule has 2 atom stereocenters. The smallest absolute Gasteiger partial charge is 0.189 e. The maximum absolute atomic E-state index is 12.1. The van der Waals surface area contributed by atoms with E-state index in [0.29, 0.717) is 5.56 Å². The average molecular weight is 280 g/mol. The van der Waals surface area contributed by atoms with E-state index in [1.807, 2.05) is 37.3 Å². The van der Waals surface area contributed by atoms with Crippen molar-refractivity contribution in [3.05, 3.63) is 77.9 Å². The fraction of sp³-hybridized carbons (Fsp3) is 0.167. The number of hydrogen-bond acceptors (Lipinski definition) is 3. The number of para-hydroxylation sites is 1. The van der Waals surface area contributed by atoms with Gasteiger partial charge >= 0.3 is 0 Å². The predicted octanol–water partition coefficient (Wildman–Crippen LogP) is 3.66. The molecule has 1 N–H and O–H groups in total. The second-order valence-electron chi connectivity index (χ2n) is 5.31. The van der Waals surface area contributed by atoms with Crippen molar-refractivity contribution in [1.82, 2.24) is 0 Å². The van der Waals surface area contributed by atoms with E-state index in [4.69, 9.17) is 4.74 Å². The lowest BCUT2D eigenvalue weighted by Crippen LogP contribution is -2.03. The molecule has 3 nitrogen and oxygen atoms in total. The lowest BCUT2D eigenvalue weighted by atomic mass is 9.99. The SMILES string of the molecule is C[C@]1(/C=C/C(=O)c2ccccc2O)O[C@H]1c1ccccc1. The van der Waals surface area contributed by atoms with Gasteiger partial charge in [-0.1, -0.05) is 42.5 Å². The van der Waals surface area contributed by atoms with Gasteiger partial charge in [-0.15, -0.1) is 0 Å². The van der Waals surface area contributed by atoms with E-state index >= 15 is 0 Å². The van der Waals surface area contributed by atoms with Crippen LogP contribution >= 0.6 is 0 Å². The van der Waals surface area contributed by atoms with Crippen LogP contribution in [0.4, 0.5) is 0 Å². The summed E-state index contributed by atoms with van der Waals surface area (Å²) in [5, 5.41) is 9.67. The summed E-state index contributed by atoms with van der Waals surface area (Å²) >= 11 is 0. The number of benzene rings is 2. The Hall–Kier alpha value is -2.39. The monoisotopic (exact) mass is 280 g/mol. The highest BCUT2D eigenvalue weighted by Gasteiger charge is 2.51. The summed E-state index contributed by atoms with van der Waals surface area (Å²) in [5.41, 5.74) is 0.940. The van der Waals surface area contributed by atoms with E-state index in [1.54, 1.807) is 24.3 Å². The van der Waals surface area contributed by atoms with Crippen LogP contribution in [0.3, 0.4) is 0 Å². The number of epoxide rings is 1. The number of hydrogen-bond donors (Lipinski definition) is 1. The van der Waals surface area contributed by atoms with Crippen LogP contribution in [0.1, 0.15) is 28.9 Å². The fourth-order valence-corrected chi connectivity index (χ4v) is 2.39. The lowest BCUT2D eigenvalue weighted by molar-refractivity contribution is 0.104. The standard InChI is InChI=1S/C18H16O3/c1-18(17(21-18)13-7-3-2-4-8-13)12-11-16(20)14-9-5-6-10-15(14)19/h2-12,17,19H,1H3/b12-11+/t17-,18+/m0/s1. The number of rotatable bonds is 4. The third kappa shape index (κ3) is 2.73. The molecular weight excluding hydrogens is 264 g/mol. The fourth-order valence-electron chi connectivity index (χ4n) is 2.39. The molecule has 0 radical (unpaired) electrons.